The van der Waals surface area contributed by atoms with Gasteiger partial charge >= 0.3 is 5.97 Å². The van der Waals surface area contributed by atoms with E-state index in [0.29, 0.717) is 34.1 Å². The largest absolute Gasteiger partial charge is 0.493 e. The van der Waals surface area contributed by atoms with Crippen molar-refractivity contribution >= 4 is 17.6 Å². The Labute approximate surface area is 199 Å². The Kier molecular flexibility index (Phi) is 8.14. The van der Waals surface area contributed by atoms with Gasteiger partial charge in [-0.3, -0.25) is 9.59 Å². The quantitative estimate of drug-likeness (QED) is 0.459. The summed E-state index contributed by atoms with van der Waals surface area (Å²) in [6.45, 7) is 3.85. The average Bonchev–Trinajstić information content (AvgIpc) is 2.84. The molecule has 3 aromatic carbocycles. The van der Waals surface area contributed by atoms with Gasteiger partial charge in [-0.05, 0) is 48.7 Å². The van der Waals surface area contributed by atoms with Crippen LogP contribution >= 0.6 is 0 Å². The van der Waals surface area contributed by atoms with Crippen LogP contribution in [0.2, 0.25) is 0 Å². The van der Waals surface area contributed by atoms with Crippen molar-refractivity contribution in [1.82, 2.24) is 0 Å². The Hall–Kier alpha value is -4.00. The summed E-state index contributed by atoms with van der Waals surface area (Å²) in [6.07, 6.45) is -1.20. The molecule has 0 unspecified atom stereocenters. The second-order valence-corrected chi connectivity index (χ2v) is 7.80. The molecule has 0 saturated carbocycles. The first-order valence-corrected chi connectivity index (χ1v) is 10.8. The van der Waals surface area contributed by atoms with Crippen LogP contribution in [-0.2, 0) is 20.7 Å². The summed E-state index contributed by atoms with van der Waals surface area (Å²) in [4.78, 5) is 26.1. The van der Waals surface area contributed by atoms with E-state index < -0.39 is 18.0 Å². The number of rotatable bonds is 9. The fraction of sp³-hybridized carbons (Fsp3) is 0.259. The highest BCUT2D eigenvalue weighted by molar-refractivity contribution is 5.96. The standard InChI is InChI=1S/C27H29NO6/c1-17-11-12-18(2)21(13-17)28-27(30)25(20-9-7-6-8-10-20)34-24(29)16-19-14-22(31-3)26(33-5)23(15-19)32-4/h6-15,25H,16H2,1-5H3,(H,28,30)/t25-/m1/s1. The maximum atomic E-state index is 13.2. The van der Waals surface area contributed by atoms with Crippen molar-refractivity contribution in [3.05, 3.63) is 82.9 Å². The zero-order valence-corrected chi connectivity index (χ0v) is 20.0. The Morgan fingerprint density at radius 1 is 0.853 bits per heavy atom. The van der Waals surface area contributed by atoms with Crippen LogP contribution in [0.4, 0.5) is 5.69 Å². The lowest BCUT2D eigenvalue weighted by Crippen LogP contribution is -2.26. The predicted molar refractivity (Wildman–Crippen MR) is 130 cm³/mol. The van der Waals surface area contributed by atoms with Crippen molar-refractivity contribution in [3.63, 3.8) is 0 Å². The second-order valence-electron chi connectivity index (χ2n) is 7.80. The lowest BCUT2D eigenvalue weighted by molar-refractivity contribution is -0.154. The molecule has 0 aromatic heterocycles. The monoisotopic (exact) mass is 463 g/mol. The molecule has 0 bridgehead atoms. The molecule has 3 aromatic rings. The van der Waals surface area contributed by atoms with E-state index in [-0.39, 0.29) is 6.42 Å². The van der Waals surface area contributed by atoms with Gasteiger partial charge in [0.1, 0.15) is 0 Å². The van der Waals surface area contributed by atoms with Crippen LogP contribution in [0.15, 0.2) is 60.7 Å². The maximum Gasteiger partial charge on any atom is 0.311 e. The van der Waals surface area contributed by atoms with Gasteiger partial charge in [0.05, 0.1) is 27.8 Å². The van der Waals surface area contributed by atoms with Gasteiger partial charge < -0.3 is 24.3 Å². The number of hydrogen-bond donors (Lipinski definition) is 1. The zero-order chi connectivity index (χ0) is 24.7. The van der Waals surface area contributed by atoms with Crippen molar-refractivity contribution in [3.8, 4) is 17.2 Å². The first-order valence-electron chi connectivity index (χ1n) is 10.8. The SMILES string of the molecule is COc1cc(CC(=O)O[C@@H](C(=O)Nc2cc(C)ccc2C)c2ccccc2)cc(OC)c1OC. The number of methoxy groups -OCH3 is 3. The van der Waals surface area contributed by atoms with E-state index >= 15 is 0 Å². The van der Waals surface area contributed by atoms with Crippen LogP contribution in [0.25, 0.3) is 0 Å². The average molecular weight is 464 g/mol. The van der Waals surface area contributed by atoms with E-state index in [1.807, 2.05) is 38.1 Å². The summed E-state index contributed by atoms with van der Waals surface area (Å²) >= 11 is 0. The highest BCUT2D eigenvalue weighted by Crippen LogP contribution is 2.38. The molecule has 1 atom stereocenters. The van der Waals surface area contributed by atoms with Crippen LogP contribution in [0.5, 0.6) is 17.2 Å². The molecular weight excluding hydrogens is 434 g/mol. The summed E-state index contributed by atoms with van der Waals surface area (Å²) in [7, 11) is 4.51. The molecule has 7 heteroatoms. The highest BCUT2D eigenvalue weighted by Gasteiger charge is 2.26. The van der Waals surface area contributed by atoms with Crippen molar-refractivity contribution in [2.75, 3.05) is 26.6 Å². The molecule has 0 aliphatic rings. The third-order valence-electron chi connectivity index (χ3n) is 5.31. The maximum absolute atomic E-state index is 13.2. The van der Waals surface area contributed by atoms with Gasteiger partial charge in [-0.2, -0.15) is 0 Å². The normalized spacial score (nSPS) is 11.3. The van der Waals surface area contributed by atoms with Gasteiger partial charge in [-0.25, -0.2) is 0 Å². The molecule has 0 saturated heterocycles. The summed E-state index contributed by atoms with van der Waals surface area (Å²) in [5.74, 6) is 0.281. The van der Waals surface area contributed by atoms with Crippen molar-refractivity contribution in [2.24, 2.45) is 0 Å². The molecule has 1 amide bonds. The van der Waals surface area contributed by atoms with E-state index in [4.69, 9.17) is 18.9 Å². The molecule has 0 spiro atoms. The Bertz CT molecular complexity index is 1130. The van der Waals surface area contributed by atoms with Crippen molar-refractivity contribution < 1.29 is 28.5 Å². The van der Waals surface area contributed by atoms with Gasteiger partial charge in [0.25, 0.3) is 5.91 Å². The first kappa shape index (κ1) is 24.6. The molecule has 34 heavy (non-hydrogen) atoms. The number of ether oxygens (including phenoxy) is 4. The molecule has 0 heterocycles. The van der Waals surface area contributed by atoms with Gasteiger partial charge in [0.15, 0.2) is 11.5 Å². The summed E-state index contributed by atoms with van der Waals surface area (Å²) in [5, 5.41) is 2.90. The fourth-order valence-electron chi connectivity index (χ4n) is 3.55. The fourth-order valence-corrected chi connectivity index (χ4v) is 3.55. The van der Waals surface area contributed by atoms with Crippen LogP contribution in [0, 0.1) is 13.8 Å². The molecule has 0 fully saturated rings. The number of carbonyl (C=O) groups is 2. The highest BCUT2D eigenvalue weighted by atomic mass is 16.5. The Morgan fingerprint density at radius 3 is 2.09 bits per heavy atom. The minimum atomic E-state index is -1.12. The first-order chi connectivity index (χ1) is 16.4. The van der Waals surface area contributed by atoms with E-state index in [2.05, 4.69) is 5.32 Å². The molecule has 0 aliphatic heterocycles. The van der Waals surface area contributed by atoms with E-state index in [9.17, 15) is 9.59 Å². The number of hydrogen-bond acceptors (Lipinski definition) is 6. The number of aryl methyl sites for hydroxylation is 2. The van der Waals surface area contributed by atoms with Gasteiger partial charge in [0.2, 0.25) is 11.9 Å². The topological polar surface area (TPSA) is 83.1 Å². The number of esters is 1. The number of benzene rings is 3. The number of carbonyl (C=O) groups excluding carboxylic acids is 2. The number of nitrogens with one attached hydrogen (secondary N) is 1. The minimum Gasteiger partial charge on any atom is -0.493 e. The predicted octanol–water partition coefficient (Wildman–Crippen LogP) is 4.79. The van der Waals surface area contributed by atoms with Crippen molar-refractivity contribution in [1.29, 1.82) is 0 Å². The molecule has 1 N–H and O–H groups in total. The third kappa shape index (κ3) is 5.86. The van der Waals surface area contributed by atoms with E-state index in [0.717, 1.165) is 11.1 Å². The number of amides is 1. The van der Waals surface area contributed by atoms with Crippen LogP contribution in [0.1, 0.15) is 28.4 Å². The molecule has 3 rings (SSSR count). The van der Waals surface area contributed by atoms with Gasteiger partial charge in [0, 0.05) is 11.3 Å². The van der Waals surface area contributed by atoms with Crippen LogP contribution in [0.3, 0.4) is 0 Å². The second kappa shape index (κ2) is 11.2. The van der Waals surface area contributed by atoms with Crippen LogP contribution < -0.4 is 19.5 Å². The van der Waals surface area contributed by atoms with Crippen molar-refractivity contribution in [2.45, 2.75) is 26.4 Å². The molecule has 0 radical (unpaired) electrons. The Morgan fingerprint density at radius 2 is 1.50 bits per heavy atom. The zero-order valence-electron chi connectivity index (χ0n) is 20.0. The van der Waals surface area contributed by atoms with Crippen LogP contribution in [-0.4, -0.2) is 33.2 Å². The third-order valence-corrected chi connectivity index (χ3v) is 5.31. The lowest BCUT2D eigenvalue weighted by Gasteiger charge is -2.19. The van der Waals surface area contributed by atoms with E-state index in [1.54, 1.807) is 36.4 Å². The number of anilines is 1. The summed E-state index contributed by atoms with van der Waals surface area (Å²) < 4.78 is 21.7. The molecule has 7 nitrogen and oxygen atoms in total. The molecule has 178 valence electrons. The smallest absolute Gasteiger partial charge is 0.311 e. The lowest BCUT2D eigenvalue weighted by atomic mass is 10.1. The molecular formula is C27H29NO6. The minimum absolute atomic E-state index is 0.0865. The summed E-state index contributed by atoms with van der Waals surface area (Å²) in [6, 6.07) is 18.1. The van der Waals surface area contributed by atoms with E-state index in [1.165, 1.54) is 21.3 Å². The Balaban J connectivity index is 1.84. The molecule has 0 aliphatic carbocycles. The summed E-state index contributed by atoms with van der Waals surface area (Å²) in [5.41, 5.74) is 3.77. The van der Waals surface area contributed by atoms with Gasteiger partial charge in [-0.1, -0.05) is 42.5 Å². The van der Waals surface area contributed by atoms with Gasteiger partial charge in [-0.15, -0.1) is 0 Å².